The smallest absolute Gasteiger partial charge is 0.223 e. The number of unbranched alkanes of at least 4 members (excludes halogenated alkanes) is 1. The molecule has 2 aliphatic carbocycles. The van der Waals surface area contributed by atoms with Crippen molar-refractivity contribution < 1.29 is 4.79 Å². The van der Waals surface area contributed by atoms with Gasteiger partial charge in [-0.25, -0.2) is 0 Å². The summed E-state index contributed by atoms with van der Waals surface area (Å²) < 4.78 is 0. The first-order valence-electron chi connectivity index (χ1n) is 15.9. The zero-order valence-electron chi connectivity index (χ0n) is 24.3. The molecule has 0 unspecified atom stereocenters. The number of nitrogens with two attached hydrogens (primary N) is 1. The van der Waals surface area contributed by atoms with Crippen molar-refractivity contribution in [3.05, 3.63) is 65.5 Å². The van der Waals surface area contributed by atoms with E-state index in [4.69, 9.17) is 10.7 Å². The van der Waals surface area contributed by atoms with Crippen LogP contribution in [0.4, 0.5) is 0 Å². The van der Waals surface area contributed by atoms with Crippen LogP contribution in [-0.4, -0.2) is 72.5 Å². The highest BCUT2D eigenvalue weighted by Crippen LogP contribution is 2.33. The van der Waals surface area contributed by atoms with E-state index < -0.39 is 0 Å². The molecule has 218 valence electrons. The average Bonchev–Trinajstić information content (AvgIpc) is 3.55. The standard InChI is InChI=1S/C33H50N6O/c34-18-6-7-21-39(31-16-8-14-27-15-9-19-36-32(27)31)25-29-24-38(23-20-35-29)22-17-30(26-10-2-1-3-11-26)37-33(40)28-12-4-5-13-28/h1-3,9-11,15,19,28-31,35H,4-8,12-14,16-18,20-25,34H2,(H,37,40)/t29-,30-,31-/m0/s1. The largest absolute Gasteiger partial charge is 0.349 e. The summed E-state index contributed by atoms with van der Waals surface area (Å²) in [5.41, 5.74) is 9.79. The van der Waals surface area contributed by atoms with Crippen LogP contribution in [0.3, 0.4) is 0 Å². The summed E-state index contributed by atoms with van der Waals surface area (Å²) in [6.45, 7) is 6.93. The van der Waals surface area contributed by atoms with E-state index in [9.17, 15) is 4.79 Å². The van der Waals surface area contributed by atoms with Crippen LogP contribution in [0.25, 0.3) is 0 Å². The molecular weight excluding hydrogens is 496 g/mol. The number of nitrogens with one attached hydrogen (secondary N) is 2. The minimum absolute atomic E-state index is 0.0696. The number of nitrogens with zero attached hydrogens (tertiary/aromatic N) is 3. The highest BCUT2D eigenvalue weighted by Gasteiger charge is 2.31. The number of aryl methyl sites for hydroxylation is 1. The van der Waals surface area contributed by atoms with Gasteiger partial charge in [0.15, 0.2) is 0 Å². The Labute approximate surface area is 241 Å². The lowest BCUT2D eigenvalue weighted by molar-refractivity contribution is -0.125. The SMILES string of the molecule is NCCCCN(C[C@@H]1CN(CC[C@H](NC(=O)C2CCCC2)c2ccccc2)CCN1)[C@H]1CCCc2cccnc21. The molecule has 1 amide bonds. The Balaban J connectivity index is 1.20. The summed E-state index contributed by atoms with van der Waals surface area (Å²) in [5, 5.41) is 7.26. The zero-order chi connectivity index (χ0) is 27.6. The van der Waals surface area contributed by atoms with Crippen molar-refractivity contribution in [3.63, 3.8) is 0 Å². The van der Waals surface area contributed by atoms with Crippen molar-refractivity contribution in [2.75, 3.05) is 45.8 Å². The lowest BCUT2D eigenvalue weighted by Gasteiger charge is -2.41. The van der Waals surface area contributed by atoms with E-state index in [0.717, 1.165) is 84.3 Å². The molecule has 2 fully saturated rings. The highest BCUT2D eigenvalue weighted by molar-refractivity contribution is 5.79. The van der Waals surface area contributed by atoms with E-state index in [0.29, 0.717) is 12.1 Å². The molecule has 7 heteroatoms. The third kappa shape index (κ3) is 7.90. The van der Waals surface area contributed by atoms with Gasteiger partial charge in [0.05, 0.1) is 17.8 Å². The van der Waals surface area contributed by atoms with Crippen LogP contribution in [0, 0.1) is 5.92 Å². The van der Waals surface area contributed by atoms with Crippen molar-refractivity contribution in [2.45, 2.75) is 82.3 Å². The van der Waals surface area contributed by atoms with Gasteiger partial charge in [-0.1, -0.05) is 49.2 Å². The zero-order valence-corrected chi connectivity index (χ0v) is 24.3. The number of fused-ring (bicyclic) bond motifs is 1. The normalized spacial score (nSPS) is 22.8. The average molecular weight is 547 g/mol. The summed E-state index contributed by atoms with van der Waals surface area (Å²) in [7, 11) is 0. The number of rotatable bonds is 13. The number of aromatic nitrogens is 1. The Morgan fingerprint density at radius 2 is 1.95 bits per heavy atom. The van der Waals surface area contributed by atoms with Gasteiger partial charge in [-0.15, -0.1) is 0 Å². The van der Waals surface area contributed by atoms with Gasteiger partial charge in [0, 0.05) is 50.9 Å². The predicted octanol–water partition coefficient (Wildman–Crippen LogP) is 4.21. The van der Waals surface area contributed by atoms with E-state index in [1.807, 2.05) is 6.20 Å². The molecule has 2 aromatic rings. The first-order chi connectivity index (χ1) is 19.7. The van der Waals surface area contributed by atoms with Crippen molar-refractivity contribution in [3.8, 4) is 0 Å². The molecule has 2 heterocycles. The molecule has 0 bridgehead atoms. The van der Waals surface area contributed by atoms with E-state index >= 15 is 0 Å². The number of piperazine rings is 1. The lowest BCUT2D eigenvalue weighted by atomic mass is 9.90. The predicted molar refractivity (Wildman–Crippen MR) is 162 cm³/mol. The molecule has 5 rings (SSSR count). The summed E-state index contributed by atoms with van der Waals surface area (Å²) in [5.74, 6) is 0.443. The van der Waals surface area contributed by atoms with Crippen molar-refractivity contribution >= 4 is 5.91 Å². The topological polar surface area (TPSA) is 86.5 Å². The van der Waals surface area contributed by atoms with Gasteiger partial charge in [0.2, 0.25) is 5.91 Å². The molecule has 4 N–H and O–H groups in total. The number of carbonyl (C=O) groups excluding carboxylic acids is 1. The second-order valence-electron chi connectivity index (χ2n) is 12.1. The first kappa shape index (κ1) is 29.2. The highest BCUT2D eigenvalue weighted by atomic mass is 16.1. The lowest BCUT2D eigenvalue weighted by Crippen LogP contribution is -2.55. The van der Waals surface area contributed by atoms with E-state index in [2.05, 4.69) is 62.9 Å². The molecular formula is C33H50N6O. The van der Waals surface area contributed by atoms with Crippen molar-refractivity contribution in [1.29, 1.82) is 0 Å². The van der Waals surface area contributed by atoms with Gasteiger partial charge in [-0.3, -0.25) is 14.7 Å². The van der Waals surface area contributed by atoms with Gasteiger partial charge in [0.1, 0.15) is 0 Å². The Kier molecular flexibility index (Phi) is 11.0. The number of amides is 1. The molecule has 1 saturated carbocycles. The molecule has 3 aliphatic rings. The Bertz CT molecular complexity index is 1040. The van der Waals surface area contributed by atoms with Crippen LogP contribution >= 0.6 is 0 Å². The Morgan fingerprint density at radius 1 is 1.10 bits per heavy atom. The molecule has 1 aromatic heterocycles. The number of benzene rings is 1. The third-order valence-electron chi connectivity index (χ3n) is 9.28. The Morgan fingerprint density at radius 3 is 2.77 bits per heavy atom. The molecule has 40 heavy (non-hydrogen) atoms. The Hall–Kier alpha value is -2.32. The number of pyridine rings is 1. The van der Waals surface area contributed by atoms with Crippen LogP contribution in [0.1, 0.15) is 86.7 Å². The molecule has 0 radical (unpaired) electrons. The van der Waals surface area contributed by atoms with E-state index in [1.54, 1.807) is 0 Å². The quantitative estimate of drug-likeness (QED) is 0.326. The van der Waals surface area contributed by atoms with Gasteiger partial charge in [-0.05, 0) is 81.6 Å². The maximum Gasteiger partial charge on any atom is 0.223 e. The number of hydrogen-bond donors (Lipinski definition) is 3. The molecule has 0 spiro atoms. The van der Waals surface area contributed by atoms with E-state index in [-0.39, 0.29) is 17.9 Å². The van der Waals surface area contributed by atoms with Crippen molar-refractivity contribution in [2.24, 2.45) is 11.7 Å². The molecule has 3 atom stereocenters. The first-order valence-corrected chi connectivity index (χ1v) is 15.9. The summed E-state index contributed by atoms with van der Waals surface area (Å²) in [6, 6.07) is 15.8. The number of carbonyl (C=O) groups is 1. The van der Waals surface area contributed by atoms with Crippen molar-refractivity contribution in [1.82, 2.24) is 25.4 Å². The fraction of sp³-hybridized carbons (Fsp3) is 0.636. The summed E-state index contributed by atoms with van der Waals surface area (Å²) in [6.07, 6.45) is 13.1. The summed E-state index contributed by atoms with van der Waals surface area (Å²) in [4.78, 5) is 23.2. The minimum atomic E-state index is 0.0696. The van der Waals surface area contributed by atoms with E-state index in [1.165, 1.54) is 42.5 Å². The fourth-order valence-electron chi connectivity index (χ4n) is 7.07. The monoisotopic (exact) mass is 546 g/mol. The van der Waals surface area contributed by atoms with Crippen LogP contribution in [-0.2, 0) is 11.2 Å². The number of hydrogen-bond acceptors (Lipinski definition) is 6. The third-order valence-corrected chi connectivity index (χ3v) is 9.28. The maximum absolute atomic E-state index is 13.0. The van der Waals surface area contributed by atoms with Crippen LogP contribution in [0.2, 0.25) is 0 Å². The maximum atomic E-state index is 13.0. The molecule has 1 saturated heterocycles. The fourth-order valence-corrected chi connectivity index (χ4v) is 7.07. The van der Waals surface area contributed by atoms with Crippen LogP contribution in [0.15, 0.2) is 48.7 Å². The van der Waals surface area contributed by atoms with Gasteiger partial charge in [0.25, 0.3) is 0 Å². The molecule has 7 nitrogen and oxygen atoms in total. The van der Waals surface area contributed by atoms with Gasteiger partial charge in [-0.2, -0.15) is 0 Å². The molecule has 1 aromatic carbocycles. The van der Waals surface area contributed by atoms with Gasteiger partial charge >= 0.3 is 0 Å². The van der Waals surface area contributed by atoms with Crippen LogP contribution in [0.5, 0.6) is 0 Å². The second kappa shape index (κ2) is 15.1. The van der Waals surface area contributed by atoms with Gasteiger partial charge < -0.3 is 21.3 Å². The van der Waals surface area contributed by atoms with Crippen LogP contribution < -0.4 is 16.4 Å². The molecule has 1 aliphatic heterocycles. The minimum Gasteiger partial charge on any atom is -0.349 e. The second-order valence-corrected chi connectivity index (χ2v) is 12.1. The summed E-state index contributed by atoms with van der Waals surface area (Å²) >= 11 is 0.